The van der Waals surface area contributed by atoms with Crippen molar-refractivity contribution in [2.24, 2.45) is 0 Å². The number of nitrogens with zero attached hydrogens (tertiary/aromatic N) is 2. The number of rotatable bonds is 5. The van der Waals surface area contributed by atoms with Crippen LogP contribution in [-0.2, 0) is 4.79 Å². The number of aromatic nitrogens is 2. The Bertz CT molecular complexity index is 883. The van der Waals surface area contributed by atoms with Crippen LogP contribution in [0.1, 0.15) is 6.92 Å². The molecule has 0 saturated heterocycles. The van der Waals surface area contributed by atoms with Crippen LogP contribution in [0.3, 0.4) is 0 Å². The van der Waals surface area contributed by atoms with E-state index in [9.17, 15) is 9.18 Å². The third-order valence-electron chi connectivity index (χ3n) is 3.26. The summed E-state index contributed by atoms with van der Waals surface area (Å²) in [5.41, 5.74) is 0.660. The van der Waals surface area contributed by atoms with E-state index in [-0.39, 0.29) is 17.6 Å². The van der Waals surface area contributed by atoms with Crippen molar-refractivity contribution >= 4 is 23.5 Å². The van der Waals surface area contributed by atoms with Crippen molar-refractivity contribution in [1.29, 1.82) is 0 Å². The Morgan fingerprint density at radius 2 is 1.96 bits per heavy atom. The molecular formula is C17H13ClFN3O3. The van der Waals surface area contributed by atoms with Gasteiger partial charge in [0.1, 0.15) is 0 Å². The normalized spacial score (nSPS) is 11.8. The molecule has 1 heterocycles. The summed E-state index contributed by atoms with van der Waals surface area (Å²) in [5.74, 6) is -0.882. The minimum atomic E-state index is -0.950. The zero-order valence-corrected chi connectivity index (χ0v) is 13.8. The molecular weight excluding hydrogens is 349 g/mol. The molecule has 1 N–H and O–H groups in total. The number of hydrogen-bond acceptors (Lipinski definition) is 5. The Kier molecular flexibility index (Phi) is 4.95. The molecule has 3 aromatic rings. The summed E-state index contributed by atoms with van der Waals surface area (Å²) < 4.78 is 23.9. The fourth-order valence-corrected chi connectivity index (χ4v) is 2.11. The molecule has 25 heavy (non-hydrogen) atoms. The van der Waals surface area contributed by atoms with E-state index in [4.69, 9.17) is 20.9 Å². The van der Waals surface area contributed by atoms with Crippen LogP contribution in [-0.4, -0.2) is 22.2 Å². The molecule has 0 radical (unpaired) electrons. The quantitative estimate of drug-likeness (QED) is 0.744. The number of ether oxygens (including phenoxy) is 1. The molecule has 0 aliphatic heterocycles. The maximum Gasteiger partial charge on any atom is 0.270 e. The summed E-state index contributed by atoms with van der Waals surface area (Å²) >= 11 is 5.82. The molecule has 1 aromatic heterocycles. The lowest BCUT2D eigenvalue weighted by molar-refractivity contribution is -0.122. The van der Waals surface area contributed by atoms with E-state index >= 15 is 0 Å². The van der Waals surface area contributed by atoms with Crippen LogP contribution in [0.15, 0.2) is 53.1 Å². The highest BCUT2D eigenvalue weighted by atomic mass is 35.5. The van der Waals surface area contributed by atoms with Gasteiger partial charge in [0.05, 0.1) is 0 Å². The van der Waals surface area contributed by atoms with Crippen LogP contribution in [0.2, 0.25) is 5.02 Å². The summed E-state index contributed by atoms with van der Waals surface area (Å²) in [7, 11) is 0. The van der Waals surface area contributed by atoms with E-state index in [2.05, 4.69) is 15.5 Å². The lowest BCUT2D eigenvalue weighted by atomic mass is 10.2. The number of amides is 1. The lowest BCUT2D eigenvalue weighted by Crippen LogP contribution is -2.30. The zero-order valence-electron chi connectivity index (χ0n) is 13.1. The molecule has 2 aromatic carbocycles. The number of carbonyl (C=O) groups is 1. The molecule has 1 amide bonds. The van der Waals surface area contributed by atoms with Crippen LogP contribution in [0.4, 0.5) is 10.3 Å². The molecule has 0 aliphatic carbocycles. The number of halogens is 2. The highest BCUT2D eigenvalue weighted by Crippen LogP contribution is 2.21. The highest BCUT2D eigenvalue weighted by molar-refractivity contribution is 6.30. The molecule has 0 saturated carbocycles. The third kappa shape index (κ3) is 4.13. The Balaban J connectivity index is 1.65. The van der Waals surface area contributed by atoms with Gasteiger partial charge in [0.2, 0.25) is 0 Å². The Morgan fingerprint density at radius 3 is 2.68 bits per heavy atom. The van der Waals surface area contributed by atoms with Gasteiger partial charge >= 0.3 is 0 Å². The van der Waals surface area contributed by atoms with Crippen LogP contribution in [0, 0.1) is 5.82 Å². The number of hydrogen-bond donors (Lipinski definition) is 1. The van der Waals surface area contributed by atoms with Gasteiger partial charge in [0, 0.05) is 10.6 Å². The third-order valence-corrected chi connectivity index (χ3v) is 3.51. The van der Waals surface area contributed by atoms with Crippen molar-refractivity contribution in [1.82, 2.24) is 10.1 Å². The van der Waals surface area contributed by atoms with Crippen LogP contribution < -0.4 is 10.1 Å². The maximum atomic E-state index is 13.6. The van der Waals surface area contributed by atoms with E-state index < -0.39 is 17.8 Å². The summed E-state index contributed by atoms with van der Waals surface area (Å²) in [6.07, 6.45) is -0.950. The molecule has 128 valence electrons. The molecule has 0 fully saturated rings. The Hall–Kier alpha value is -2.93. The molecule has 0 bridgehead atoms. The fraction of sp³-hybridized carbons (Fsp3) is 0.118. The maximum absolute atomic E-state index is 13.6. The van der Waals surface area contributed by atoms with E-state index in [0.29, 0.717) is 10.6 Å². The standard InChI is InChI=1S/C17H13ClFN3O3/c1-10(24-14-5-3-2-4-13(14)19)15(23)20-17-21-16(25-22-17)11-6-8-12(18)9-7-11/h2-10H,1H3,(H,20,22,23). The van der Waals surface area contributed by atoms with Crippen LogP contribution in [0.25, 0.3) is 11.5 Å². The molecule has 8 heteroatoms. The van der Waals surface area contributed by atoms with E-state index in [1.54, 1.807) is 30.3 Å². The average molecular weight is 362 g/mol. The summed E-state index contributed by atoms with van der Waals surface area (Å²) in [4.78, 5) is 16.2. The van der Waals surface area contributed by atoms with Gasteiger partial charge in [-0.25, -0.2) is 4.39 Å². The second-order valence-corrected chi connectivity index (χ2v) is 5.55. The number of benzene rings is 2. The molecule has 1 unspecified atom stereocenters. The minimum Gasteiger partial charge on any atom is -0.478 e. The van der Waals surface area contributed by atoms with E-state index in [1.165, 1.54) is 25.1 Å². The lowest BCUT2D eigenvalue weighted by Gasteiger charge is -2.13. The van der Waals surface area contributed by atoms with Gasteiger partial charge in [-0.1, -0.05) is 23.7 Å². The topological polar surface area (TPSA) is 77.2 Å². The van der Waals surface area contributed by atoms with Crippen molar-refractivity contribution in [2.45, 2.75) is 13.0 Å². The fourth-order valence-electron chi connectivity index (χ4n) is 1.98. The molecule has 3 rings (SSSR count). The smallest absolute Gasteiger partial charge is 0.270 e. The zero-order chi connectivity index (χ0) is 17.8. The van der Waals surface area contributed by atoms with Crippen molar-refractivity contribution in [3.05, 3.63) is 59.4 Å². The minimum absolute atomic E-state index is 0.0138. The number of nitrogens with one attached hydrogen (secondary N) is 1. The van der Waals surface area contributed by atoms with Gasteiger partial charge in [-0.05, 0) is 48.5 Å². The monoisotopic (exact) mass is 361 g/mol. The largest absolute Gasteiger partial charge is 0.478 e. The van der Waals surface area contributed by atoms with Gasteiger partial charge in [0.15, 0.2) is 17.7 Å². The Morgan fingerprint density at radius 1 is 1.24 bits per heavy atom. The van der Waals surface area contributed by atoms with Gasteiger partial charge in [-0.3, -0.25) is 10.1 Å². The van der Waals surface area contributed by atoms with Gasteiger partial charge in [-0.2, -0.15) is 4.98 Å². The predicted molar refractivity (Wildman–Crippen MR) is 89.9 cm³/mol. The first-order valence-corrected chi connectivity index (χ1v) is 7.72. The first kappa shape index (κ1) is 16.9. The predicted octanol–water partition coefficient (Wildman–Crippen LogP) is 3.94. The van der Waals surface area contributed by atoms with Crippen molar-refractivity contribution < 1.29 is 18.4 Å². The summed E-state index contributed by atoms with van der Waals surface area (Å²) in [6.45, 7) is 1.49. The van der Waals surface area contributed by atoms with E-state index in [0.717, 1.165) is 0 Å². The first-order valence-electron chi connectivity index (χ1n) is 7.34. The van der Waals surface area contributed by atoms with E-state index in [1.807, 2.05) is 0 Å². The average Bonchev–Trinajstić information content (AvgIpc) is 3.06. The molecule has 1 atom stereocenters. The van der Waals surface area contributed by atoms with Gasteiger partial charge in [0.25, 0.3) is 17.7 Å². The SMILES string of the molecule is CC(Oc1ccccc1F)C(=O)Nc1noc(-c2ccc(Cl)cc2)n1. The first-order chi connectivity index (χ1) is 12.0. The number of anilines is 1. The molecule has 6 nitrogen and oxygen atoms in total. The second kappa shape index (κ2) is 7.31. The van der Waals surface area contributed by atoms with Crippen LogP contribution >= 0.6 is 11.6 Å². The second-order valence-electron chi connectivity index (χ2n) is 5.11. The number of carbonyl (C=O) groups excluding carboxylic acids is 1. The summed E-state index contributed by atoms with van der Waals surface area (Å²) in [6, 6.07) is 12.6. The summed E-state index contributed by atoms with van der Waals surface area (Å²) in [5, 5.41) is 6.72. The molecule has 0 aliphatic rings. The Labute approximate surface area is 147 Å². The van der Waals surface area contributed by atoms with Crippen molar-refractivity contribution in [3.8, 4) is 17.2 Å². The number of para-hydroxylation sites is 1. The van der Waals surface area contributed by atoms with Crippen molar-refractivity contribution in [2.75, 3.05) is 5.32 Å². The van der Waals surface area contributed by atoms with Gasteiger partial charge in [-0.15, -0.1) is 0 Å². The highest BCUT2D eigenvalue weighted by Gasteiger charge is 2.19. The molecule has 0 spiro atoms. The van der Waals surface area contributed by atoms with Gasteiger partial charge < -0.3 is 9.26 Å². The van der Waals surface area contributed by atoms with Crippen molar-refractivity contribution in [3.63, 3.8) is 0 Å². The van der Waals surface area contributed by atoms with Crippen LogP contribution in [0.5, 0.6) is 5.75 Å².